The highest BCUT2D eigenvalue weighted by molar-refractivity contribution is 5.00. The molecule has 1 aliphatic rings. The van der Waals surface area contributed by atoms with Crippen LogP contribution in [-0.2, 0) is 23.8 Å². The van der Waals surface area contributed by atoms with Crippen molar-refractivity contribution in [1.29, 1.82) is 0 Å². The maximum Gasteiger partial charge on any atom is 0.105 e. The van der Waals surface area contributed by atoms with Gasteiger partial charge in [0, 0.05) is 28.4 Å². The van der Waals surface area contributed by atoms with Gasteiger partial charge in [0.15, 0.2) is 0 Å². The second-order valence-corrected chi connectivity index (χ2v) is 5.09. The van der Waals surface area contributed by atoms with Crippen LogP contribution in [0.1, 0.15) is 13.3 Å². The SMILES string of the molecule is C=CC(CC)ON1[C@@H](COC)[C@@H](OC)[C@H](OC)[C@@H]1COC. The molecule has 6 nitrogen and oxygen atoms in total. The van der Waals surface area contributed by atoms with E-state index in [0.29, 0.717) is 13.2 Å². The molecule has 0 aromatic rings. The fourth-order valence-electron chi connectivity index (χ4n) is 2.83. The van der Waals surface area contributed by atoms with Gasteiger partial charge < -0.3 is 18.9 Å². The Labute approximate surface area is 127 Å². The van der Waals surface area contributed by atoms with E-state index < -0.39 is 0 Å². The summed E-state index contributed by atoms with van der Waals surface area (Å²) in [4.78, 5) is 6.10. The molecule has 0 aliphatic carbocycles. The number of ether oxygens (including phenoxy) is 4. The zero-order valence-corrected chi connectivity index (χ0v) is 13.8. The molecule has 1 heterocycles. The van der Waals surface area contributed by atoms with E-state index in [-0.39, 0.29) is 30.4 Å². The maximum absolute atomic E-state index is 6.10. The van der Waals surface area contributed by atoms with Gasteiger partial charge in [0.1, 0.15) is 12.2 Å². The fraction of sp³-hybridized carbons (Fsp3) is 0.867. The van der Waals surface area contributed by atoms with Gasteiger partial charge in [-0.05, 0) is 6.42 Å². The summed E-state index contributed by atoms with van der Waals surface area (Å²) in [7, 11) is 6.69. The number of rotatable bonds is 10. The van der Waals surface area contributed by atoms with Gasteiger partial charge in [0.2, 0.25) is 0 Å². The van der Waals surface area contributed by atoms with Gasteiger partial charge in [0.05, 0.1) is 31.4 Å². The zero-order valence-electron chi connectivity index (χ0n) is 13.8. The van der Waals surface area contributed by atoms with E-state index in [4.69, 9.17) is 23.8 Å². The number of hydrogen-bond donors (Lipinski definition) is 0. The van der Waals surface area contributed by atoms with Crippen molar-refractivity contribution in [3.05, 3.63) is 12.7 Å². The monoisotopic (exact) mass is 303 g/mol. The molecule has 1 unspecified atom stereocenters. The number of hydroxylamine groups is 2. The lowest BCUT2D eigenvalue weighted by Gasteiger charge is -2.31. The second-order valence-electron chi connectivity index (χ2n) is 5.09. The standard InChI is InChI=1S/C15H29NO5/c1-7-11(8-2)21-16-12(9-17-3)14(19-5)15(20-6)13(16)10-18-4/h7,11-15H,1,8-10H2,2-6H3/t11?,12-,13-,14+,15+/m0/s1. The molecule has 0 amide bonds. The van der Waals surface area contributed by atoms with Crippen LogP contribution in [0, 0.1) is 0 Å². The van der Waals surface area contributed by atoms with Gasteiger partial charge in [0.25, 0.3) is 0 Å². The lowest BCUT2D eigenvalue weighted by molar-refractivity contribution is -0.236. The Hall–Kier alpha value is -0.500. The van der Waals surface area contributed by atoms with Crippen molar-refractivity contribution in [2.24, 2.45) is 0 Å². The summed E-state index contributed by atoms with van der Waals surface area (Å²) in [5, 5.41) is 1.91. The van der Waals surface area contributed by atoms with Gasteiger partial charge in [-0.3, -0.25) is 4.84 Å². The summed E-state index contributed by atoms with van der Waals surface area (Å²) in [5.74, 6) is 0. The highest BCUT2D eigenvalue weighted by Gasteiger charge is 2.51. The molecule has 21 heavy (non-hydrogen) atoms. The van der Waals surface area contributed by atoms with E-state index in [0.717, 1.165) is 6.42 Å². The molecule has 0 bridgehead atoms. The van der Waals surface area contributed by atoms with E-state index in [9.17, 15) is 0 Å². The van der Waals surface area contributed by atoms with Crippen LogP contribution in [0.3, 0.4) is 0 Å². The molecule has 6 heteroatoms. The van der Waals surface area contributed by atoms with Gasteiger partial charge in [-0.1, -0.05) is 13.0 Å². The molecule has 124 valence electrons. The first-order valence-electron chi connectivity index (χ1n) is 7.29. The summed E-state index contributed by atoms with van der Waals surface area (Å²) in [6.07, 6.45) is 2.30. The Kier molecular flexibility index (Phi) is 8.39. The highest BCUT2D eigenvalue weighted by atomic mass is 16.7. The number of hydrogen-bond acceptors (Lipinski definition) is 6. The number of nitrogens with zero attached hydrogens (tertiary/aromatic N) is 1. The molecule has 1 rings (SSSR count). The predicted molar refractivity (Wildman–Crippen MR) is 80.1 cm³/mol. The van der Waals surface area contributed by atoms with Gasteiger partial charge >= 0.3 is 0 Å². The van der Waals surface area contributed by atoms with E-state index in [1.807, 2.05) is 5.06 Å². The van der Waals surface area contributed by atoms with Crippen LogP contribution in [0.2, 0.25) is 0 Å². The van der Waals surface area contributed by atoms with Crippen molar-refractivity contribution in [3.63, 3.8) is 0 Å². The van der Waals surface area contributed by atoms with E-state index in [1.54, 1.807) is 34.5 Å². The Bertz CT molecular complexity index is 282. The summed E-state index contributed by atoms with van der Waals surface area (Å²) in [6, 6.07) is -0.113. The average molecular weight is 303 g/mol. The first kappa shape index (κ1) is 18.5. The van der Waals surface area contributed by atoms with Gasteiger partial charge in [-0.2, -0.15) is 5.06 Å². The maximum atomic E-state index is 6.10. The smallest absolute Gasteiger partial charge is 0.105 e. The molecular formula is C15H29NO5. The summed E-state index contributed by atoms with van der Waals surface area (Å²) < 4.78 is 21.9. The minimum atomic E-state index is -0.141. The normalized spacial score (nSPS) is 31.5. The van der Waals surface area contributed by atoms with E-state index in [1.165, 1.54) is 0 Å². The third-order valence-corrected chi connectivity index (χ3v) is 3.88. The second kappa shape index (κ2) is 9.50. The van der Waals surface area contributed by atoms with Crippen LogP contribution in [0.4, 0.5) is 0 Å². The summed E-state index contributed by atoms with van der Waals surface area (Å²) in [5.41, 5.74) is 0. The Morgan fingerprint density at radius 2 is 1.48 bits per heavy atom. The molecular weight excluding hydrogens is 274 g/mol. The minimum Gasteiger partial charge on any atom is -0.383 e. The van der Waals surface area contributed by atoms with E-state index in [2.05, 4.69) is 13.5 Å². The Morgan fingerprint density at radius 1 is 1.00 bits per heavy atom. The van der Waals surface area contributed by atoms with Crippen molar-refractivity contribution < 1.29 is 23.8 Å². The van der Waals surface area contributed by atoms with Crippen molar-refractivity contribution in [2.75, 3.05) is 41.7 Å². The lowest BCUT2D eigenvalue weighted by atomic mass is 10.1. The highest BCUT2D eigenvalue weighted by Crippen LogP contribution is 2.31. The summed E-state index contributed by atoms with van der Waals surface area (Å²) in [6.45, 7) is 6.86. The van der Waals surface area contributed by atoms with Crippen molar-refractivity contribution in [1.82, 2.24) is 5.06 Å². The van der Waals surface area contributed by atoms with Gasteiger partial charge in [-0.25, -0.2) is 0 Å². The minimum absolute atomic E-state index is 0.0564. The average Bonchev–Trinajstić information content (AvgIpc) is 2.78. The topological polar surface area (TPSA) is 49.4 Å². The molecule has 1 fully saturated rings. The molecule has 5 atom stereocenters. The van der Waals surface area contributed by atoms with Crippen molar-refractivity contribution >= 4 is 0 Å². The number of methoxy groups -OCH3 is 4. The molecule has 0 spiro atoms. The quantitative estimate of drug-likeness (QED) is 0.566. The lowest BCUT2D eigenvalue weighted by Crippen LogP contribution is -2.45. The van der Waals surface area contributed by atoms with E-state index >= 15 is 0 Å². The first-order chi connectivity index (χ1) is 10.2. The first-order valence-corrected chi connectivity index (χ1v) is 7.29. The Balaban J connectivity index is 3.00. The zero-order chi connectivity index (χ0) is 15.8. The van der Waals surface area contributed by atoms with Crippen LogP contribution in [0.5, 0.6) is 0 Å². The van der Waals surface area contributed by atoms with Crippen molar-refractivity contribution in [2.45, 2.75) is 43.7 Å². The third-order valence-electron chi connectivity index (χ3n) is 3.88. The molecule has 1 saturated heterocycles. The van der Waals surface area contributed by atoms with Crippen molar-refractivity contribution in [3.8, 4) is 0 Å². The molecule has 0 aromatic heterocycles. The van der Waals surface area contributed by atoms with Crippen LogP contribution < -0.4 is 0 Å². The molecule has 0 radical (unpaired) electrons. The van der Waals surface area contributed by atoms with Gasteiger partial charge in [-0.15, -0.1) is 6.58 Å². The molecule has 1 aliphatic heterocycles. The van der Waals surface area contributed by atoms with Crippen LogP contribution >= 0.6 is 0 Å². The molecule has 0 saturated carbocycles. The fourth-order valence-corrected chi connectivity index (χ4v) is 2.83. The Morgan fingerprint density at radius 3 is 1.76 bits per heavy atom. The van der Waals surface area contributed by atoms with Crippen LogP contribution in [-0.4, -0.2) is 77.1 Å². The molecule has 0 aromatic carbocycles. The van der Waals surface area contributed by atoms with Crippen LogP contribution in [0.15, 0.2) is 12.7 Å². The van der Waals surface area contributed by atoms with Crippen LogP contribution in [0.25, 0.3) is 0 Å². The predicted octanol–water partition coefficient (Wildman–Crippen LogP) is 1.26. The summed E-state index contributed by atoms with van der Waals surface area (Å²) >= 11 is 0. The third kappa shape index (κ3) is 4.25. The largest absolute Gasteiger partial charge is 0.383 e. The molecule has 0 N–H and O–H groups in total.